The number of hydrogen-bond donors (Lipinski definition) is 1. The van der Waals surface area contributed by atoms with E-state index in [2.05, 4.69) is 24.0 Å². The fourth-order valence-electron chi connectivity index (χ4n) is 1.55. The lowest BCUT2D eigenvalue weighted by Crippen LogP contribution is -2.07. The van der Waals surface area contributed by atoms with Gasteiger partial charge in [0.05, 0.1) is 6.04 Å². The Bertz CT molecular complexity index is 306. The van der Waals surface area contributed by atoms with Crippen LogP contribution in [0.2, 0.25) is 0 Å². The summed E-state index contributed by atoms with van der Waals surface area (Å²) in [6.45, 7) is 4.33. The van der Waals surface area contributed by atoms with E-state index < -0.39 is 0 Å². The average molecular weight is 211 g/mol. The molecule has 0 saturated heterocycles. The molecule has 4 heteroatoms. The molecular formula is C10H17N3S. The summed E-state index contributed by atoms with van der Waals surface area (Å²) < 4.78 is 0. The van der Waals surface area contributed by atoms with Gasteiger partial charge in [0, 0.05) is 5.92 Å². The summed E-state index contributed by atoms with van der Waals surface area (Å²) in [7, 11) is 0. The van der Waals surface area contributed by atoms with E-state index in [1.54, 1.807) is 11.3 Å². The molecule has 14 heavy (non-hydrogen) atoms. The van der Waals surface area contributed by atoms with Gasteiger partial charge < -0.3 is 5.73 Å². The summed E-state index contributed by atoms with van der Waals surface area (Å²) in [5, 5.41) is 10.6. The highest BCUT2D eigenvalue weighted by atomic mass is 32.1. The van der Waals surface area contributed by atoms with Gasteiger partial charge in [-0.2, -0.15) is 0 Å². The molecule has 1 aromatic heterocycles. The van der Waals surface area contributed by atoms with Crippen molar-refractivity contribution in [3.05, 3.63) is 10.0 Å². The van der Waals surface area contributed by atoms with Gasteiger partial charge in [0.1, 0.15) is 10.0 Å². The second-order valence-corrected chi connectivity index (χ2v) is 5.16. The third-order valence-electron chi connectivity index (χ3n) is 2.93. The molecule has 1 heterocycles. The quantitative estimate of drug-likeness (QED) is 0.832. The van der Waals surface area contributed by atoms with Crippen LogP contribution in [0.15, 0.2) is 0 Å². The highest BCUT2D eigenvalue weighted by Crippen LogP contribution is 2.43. The Morgan fingerprint density at radius 1 is 1.43 bits per heavy atom. The SMILES string of the molecule is CCC(N)c1nnc(C(C)C2CC2)s1. The van der Waals surface area contributed by atoms with Crippen LogP contribution < -0.4 is 5.73 Å². The van der Waals surface area contributed by atoms with Crippen molar-refractivity contribution in [1.29, 1.82) is 0 Å². The first-order valence-corrected chi connectivity index (χ1v) is 6.13. The zero-order valence-electron chi connectivity index (χ0n) is 8.73. The molecule has 2 N–H and O–H groups in total. The summed E-state index contributed by atoms with van der Waals surface area (Å²) in [5.41, 5.74) is 5.91. The minimum Gasteiger partial charge on any atom is -0.322 e. The van der Waals surface area contributed by atoms with E-state index in [0.717, 1.165) is 17.3 Å². The fourth-order valence-corrected chi connectivity index (χ4v) is 2.63. The highest BCUT2D eigenvalue weighted by molar-refractivity contribution is 7.11. The predicted molar refractivity (Wildman–Crippen MR) is 58.3 cm³/mol. The average Bonchev–Trinajstić information content (AvgIpc) is 2.93. The smallest absolute Gasteiger partial charge is 0.134 e. The van der Waals surface area contributed by atoms with Gasteiger partial charge >= 0.3 is 0 Å². The molecule has 1 aliphatic rings. The van der Waals surface area contributed by atoms with Crippen molar-refractivity contribution in [1.82, 2.24) is 10.2 Å². The monoisotopic (exact) mass is 211 g/mol. The first-order chi connectivity index (χ1) is 6.72. The largest absolute Gasteiger partial charge is 0.322 e. The van der Waals surface area contributed by atoms with Crippen LogP contribution in [0.25, 0.3) is 0 Å². The second-order valence-electron chi connectivity index (χ2n) is 4.12. The summed E-state index contributed by atoms with van der Waals surface area (Å²) in [6, 6.07) is 0.0765. The molecule has 0 radical (unpaired) electrons. The minimum atomic E-state index is 0.0765. The van der Waals surface area contributed by atoms with Crippen LogP contribution in [-0.4, -0.2) is 10.2 Å². The molecule has 2 rings (SSSR count). The maximum absolute atomic E-state index is 5.91. The Balaban J connectivity index is 2.08. The number of rotatable bonds is 4. The first-order valence-electron chi connectivity index (χ1n) is 5.31. The second kappa shape index (κ2) is 3.95. The summed E-state index contributed by atoms with van der Waals surface area (Å²) in [4.78, 5) is 0. The molecule has 1 saturated carbocycles. The topological polar surface area (TPSA) is 51.8 Å². The summed E-state index contributed by atoms with van der Waals surface area (Å²) >= 11 is 1.69. The zero-order valence-corrected chi connectivity index (χ0v) is 9.55. The molecule has 3 nitrogen and oxygen atoms in total. The van der Waals surface area contributed by atoms with Crippen LogP contribution in [0.3, 0.4) is 0 Å². The third-order valence-corrected chi connectivity index (χ3v) is 4.19. The molecule has 0 aromatic carbocycles. The van der Waals surface area contributed by atoms with Crippen molar-refractivity contribution in [3.63, 3.8) is 0 Å². The Morgan fingerprint density at radius 2 is 2.07 bits per heavy atom. The lowest BCUT2D eigenvalue weighted by molar-refractivity contribution is 0.644. The molecular weight excluding hydrogens is 194 g/mol. The molecule has 0 amide bonds. The Hall–Kier alpha value is -0.480. The standard InChI is InChI=1S/C10H17N3S/c1-3-8(11)10-13-12-9(14-10)6(2)7-4-5-7/h6-8H,3-5,11H2,1-2H3. The van der Waals surface area contributed by atoms with Crippen molar-refractivity contribution in [2.45, 2.75) is 45.1 Å². The van der Waals surface area contributed by atoms with Gasteiger partial charge in [0.2, 0.25) is 0 Å². The Labute approximate surface area is 88.7 Å². The Morgan fingerprint density at radius 3 is 2.64 bits per heavy atom. The van der Waals surface area contributed by atoms with E-state index in [4.69, 9.17) is 5.73 Å². The van der Waals surface area contributed by atoms with Crippen LogP contribution in [0.4, 0.5) is 0 Å². The van der Waals surface area contributed by atoms with Crippen LogP contribution >= 0.6 is 11.3 Å². The van der Waals surface area contributed by atoms with Gasteiger partial charge in [-0.25, -0.2) is 0 Å². The van der Waals surface area contributed by atoms with Crippen molar-refractivity contribution in [2.75, 3.05) is 0 Å². The number of aromatic nitrogens is 2. The van der Waals surface area contributed by atoms with Crippen molar-refractivity contribution < 1.29 is 0 Å². The predicted octanol–water partition coefficient (Wildman–Crippen LogP) is 2.46. The van der Waals surface area contributed by atoms with Crippen molar-refractivity contribution >= 4 is 11.3 Å². The maximum atomic E-state index is 5.91. The van der Waals surface area contributed by atoms with Crippen molar-refractivity contribution in [3.8, 4) is 0 Å². The third kappa shape index (κ3) is 1.96. The van der Waals surface area contributed by atoms with Crippen LogP contribution in [-0.2, 0) is 0 Å². The molecule has 1 aromatic rings. The fraction of sp³-hybridized carbons (Fsp3) is 0.800. The van der Waals surface area contributed by atoms with Crippen molar-refractivity contribution in [2.24, 2.45) is 11.7 Å². The lowest BCUT2D eigenvalue weighted by atomic mass is 10.1. The van der Waals surface area contributed by atoms with E-state index in [1.165, 1.54) is 17.8 Å². The zero-order chi connectivity index (χ0) is 10.1. The van der Waals surface area contributed by atoms with Gasteiger partial charge in [-0.3, -0.25) is 0 Å². The van der Waals surface area contributed by atoms with Crippen LogP contribution in [0.1, 0.15) is 55.1 Å². The van der Waals surface area contributed by atoms with E-state index in [-0.39, 0.29) is 6.04 Å². The molecule has 1 fully saturated rings. The highest BCUT2D eigenvalue weighted by Gasteiger charge is 2.31. The summed E-state index contributed by atoms with van der Waals surface area (Å²) in [5.74, 6) is 1.44. The lowest BCUT2D eigenvalue weighted by Gasteiger charge is -2.04. The van der Waals surface area contributed by atoms with Gasteiger partial charge in [-0.05, 0) is 25.2 Å². The number of nitrogens with two attached hydrogens (primary N) is 1. The number of nitrogens with zero attached hydrogens (tertiary/aromatic N) is 2. The molecule has 2 unspecified atom stereocenters. The minimum absolute atomic E-state index is 0.0765. The van der Waals surface area contributed by atoms with Gasteiger partial charge in [0.15, 0.2) is 0 Å². The molecule has 2 atom stereocenters. The number of hydrogen-bond acceptors (Lipinski definition) is 4. The normalized spacial score (nSPS) is 20.8. The van der Waals surface area contributed by atoms with E-state index in [0.29, 0.717) is 5.92 Å². The Kier molecular flexibility index (Phi) is 2.83. The molecule has 0 aliphatic heterocycles. The molecule has 78 valence electrons. The molecule has 0 spiro atoms. The van der Waals surface area contributed by atoms with E-state index in [1.807, 2.05) is 0 Å². The van der Waals surface area contributed by atoms with Crippen LogP contribution in [0.5, 0.6) is 0 Å². The summed E-state index contributed by atoms with van der Waals surface area (Å²) in [6.07, 6.45) is 3.65. The van der Waals surface area contributed by atoms with Crippen LogP contribution in [0, 0.1) is 5.92 Å². The van der Waals surface area contributed by atoms with Gasteiger partial charge in [-0.1, -0.05) is 25.2 Å². The van der Waals surface area contributed by atoms with E-state index in [9.17, 15) is 0 Å². The molecule has 0 bridgehead atoms. The maximum Gasteiger partial charge on any atom is 0.134 e. The first kappa shape index (κ1) is 10.1. The molecule has 1 aliphatic carbocycles. The van der Waals surface area contributed by atoms with E-state index >= 15 is 0 Å². The van der Waals surface area contributed by atoms with Gasteiger partial charge in [-0.15, -0.1) is 10.2 Å². The van der Waals surface area contributed by atoms with Gasteiger partial charge in [0.25, 0.3) is 0 Å².